The number of hydrogen-bond acceptors (Lipinski definition) is 2. The van der Waals surface area contributed by atoms with E-state index in [1.54, 1.807) is 0 Å². The molecule has 0 aromatic carbocycles. The highest BCUT2D eigenvalue weighted by Gasteiger charge is 2.34. The highest BCUT2D eigenvalue weighted by Crippen LogP contribution is 2.37. The van der Waals surface area contributed by atoms with E-state index in [1.807, 2.05) is 0 Å². The van der Waals surface area contributed by atoms with Gasteiger partial charge in [0, 0.05) is 24.9 Å². The largest absolute Gasteiger partial charge is 0.303 e. The number of hydrogen-bond donors (Lipinski definition) is 0. The predicted molar refractivity (Wildman–Crippen MR) is 68.5 cm³/mol. The van der Waals surface area contributed by atoms with Crippen LogP contribution in [-0.4, -0.2) is 30.3 Å². The molecule has 1 aliphatic carbocycles. The van der Waals surface area contributed by atoms with E-state index in [0.717, 1.165) is 32.2 Å². The third kappa shape index (κ3) is 3.58. The molecule has 1 saturated carbocycles. The van der Waals surface area contributed by atoms with Crippen molar-refractivity contribution in [3.63, 3.8) is 0 Å². The fourth-order valence-electron chi connectivity index (χ4n) is 2.55. The maximum absolute atomic E-state index is 11.9. The summed E-state index contributed by atoms with van der Waals surface area (Å²) < 4.78 is 0. The van der Waals surface area contributed by atoms with Gasteiger partial charge in [0.1, 0.15) is 5.78 Å². The number of Topliss-reactive ketones (excluding diaryl/α,β-unsaturated/α-hetero) is 1. The summed E-state index contributed by atoms with van der Waals surface area (Å²) in [6.45, 7) is 9.95. The third-order valence-corrected chi connectivity index (χ3v) is 4.15. The lowest BCUT2D eigenvalue weighted by Gasteiger charge is -2.37. The van der Waals surface area contributed by atoms with Crippen molar-refractivity contribution in [2.75, 3.05) is 13.6 Å². The van der Waals surface area contributed by atoms with Crippen molar-refractivity contribution in [2.45, 2.75) is 59.4 Å². The maximum Gasteiger partial charge on any atom is 0.137 e. The van der Waals surface area contributed by atoms with Crippen molar-refractivity contribution < 1.29 is 4.79 Å². The molecular weight excluding hydrogens is 198 g/mol. The minimum Gasteiger partial charge on any atom is -0.303 e. The number of rotatable bonds is 4. The Labute approximate surface area is 100 Å². The lowest BCUT2D eigenvalue weighted by molar-refractivity contribution is -0.127. The minimum absolute atomic E-state index is 0.266. The second kappa shape index (κ2) is 5.31. The third-order valence-electron chi connectivity index (χ3n) is 4.15. The molecule has 2 unspecified atom stereocenters. The zero-order chi connectivity index (χ0) is 12.3. The van der Waals surface area contributed by atoms with Crippen LogP contribution in [0, 0.1) is 11.3 Å². The minimum atomic E-state index is 0.266. The lowest BCUT2D eigenvalue weighted by Crippen LogP contribution is -2.40. The fourth-order valence-corrected chi connectivity index (χ4v) is 2.55. The number of carbonyl (C=O) groups excluding carboxylic acids is 1. The van der Waals surface area contributed by atoms with Gasteiger partial charge in [-0.2, -0.15) is 0 Å². The molecule has 0 N–H and O–H groups in total. The molecular formula is C14H27NO. The van der Waals surface area contributed by atoms with Gasteiger partial charge in [0.15, 0.2) is 0 Å². The van der Waals surface area contributed by atoms with E-state index in [2.05, 4.69) is 39.6 Å². The van der Waals surface area contributed by atoms with Crippen LogP contribution in [0.25, 0.3) is 0 Å². The van der Waals surface area contributed by atoms with E-state index in [0.29, 0.717) is 17.2 Å². The van der Waals surface area contributed by atoms with E-state index < -0.39 is 0 Å². The van der Waals surface area contributed by atoms with Crippen molar-refractivity contribution in [3.05, 3.63) is 0 Å². The van der Waals surface area contributed by atoms with Gasteiger partial charge in [-0.25, -0.2) is 0 Å². The Morgan fingerprint density at radius 1 is 1.50 bits per heavy atom. The molecule has 0 aliphatic heterocycles. The first-order valence-electron chi connectivity index (χ1n) is 6.58. The van der Waals surface area contributed by atoms with Crippen LogP contribution in [0.15, 0.2) is 0 Å². The van der Waals surface area contributed by atoms with E-state index in [-0.39, 0.29) is 5.92 Å². The van der Waals surface area contributed by atoms with Crippen LogP contribution in [0.2, 0.25) is 0 Å². The highest BCUT2D eigenvalue weighted by molar-refractivity contribution is 5.82. The van der Waals surface area contributed by atoms with Crippen molar-refractivity contribution >= 4 is 5.78 Å². The van der Waals surface area contributed by atoms with Crippen molar-refractivity contribution in [1.29, 1.82) is 0 Å². The summed E-state index contributed by atoms with van der Waals surface area (Å²) in [5.41, 5.74) is 0.356. The van der Waals surface area contributed by atoms with E-state index in [4.69, 9.17) is 0 Å². The Balaban J connectivity index is 2.54. The van der Waals surface area contributed by atoms with Gasteiger partial charge in [0.25, 0.3) is 0 Å². The molecule has 0 radical (unpaired) electrons. The average molecular weight is 225 g/mol. The molecule has 0 bridgehead atoms. The van der Waals surface area contributed by atoms with Crippen molar-refractivity contribution in [1.82, 2.24) is 4.90 Å². The summed E-state index contributed by atoms with van der Waals surface area (Å²) in [5.74, 6) is 0.747. The molecule has 1 rings (SSSR count). The summed E-state index contributed by atoms with van der Waals surface area (Å²) >= 11 is 0. The molecule has 0 spiro atoms. The molecule has 0 heterocycles. The molecule has 1 aliphatic rings. The normalized spacial score (nSPS) is 27.1. The summed E-state index contributed by atoms with van der Waals surface area (Å²) in [7, 11) is 2.14. The van der Waals surface area contributed by atoms with Gasteiger partial charge in [-0.15, -0.1) is 0 Å². The Kier molecular flexibility index (Phi) is 4.54. The van der Waals surface area contributed by atoms with Crippen molar-refractivity contribution in [2.24, 2.45) is 11.3 Å². The summed E-state index contributed by atoms with van der Waals surface area (Å²) in [4.78, 5) is 14.2. The van der Waals surface area contributed by atoms with Crippen LogP contribution < -0.4 is 0 Å². The van der Waals surface area contributed by atoms with E-state index in [9.17, 15) is 4.79 Å². The Morgan fingerprint density at radius 3 is 2.69 bits per heavy atom. The summed E-state index contributed by atoms with van der Waals surface area (Å²) in [6.07, 6.45) is 4.06. The van der Waals surface area contributed by atoms with Crippen molar-refractivity contribution in [3.8, 4) is 0 Å². The molecule has 0 aromatic rings. The first kappa shape index (κ1) is 13.7. The summed E-state index contributed by atoms with van der Waals surface area (Å²) in [6, 6.07) is 0.581. The number of carbonyl (C=O) groups is 1. The molecule has 1 fully saturated rings. The molecule has 0 amide bonds. The topological polar surface area (TPSA) is 20.3 Å². The Hall–Kier alpha value is -0.370. The van der Waals surface area contributed by atoms with Gasteiger partial charge >= 0.3 is 0 Å². The van der Waals surface area contributed by atoms with Gasteiger partial charge in [-0.1, -0.05) is 20.8 Å². The first-order chi connectivity index (χ1) is 7.35. The van der Waals surface area contributed by atoms with Crippen LogP contribution in [0.4, 0.5) is 0 Å². The fraction of sp³-hybridized carbons (Fsp3) is 0.929. The Bertz CT molecular complexity index is 247. The Morgan fingerprint density at radius 2 is 2.12 bits per heavy atom. The van der Waals surface area contributed by atoms with Gasteiger partial charge in [0.2, 0.25) is 0 Å². The highest BCUT2D eigenvalue weighted by atomic mass is 16.1. The second-order valence-corrected chi connectivity index (χ2v) is 6.23. The van der Waals surface area contributed by atoms with E-state index in [1.165, 1.54) is 0 Å². The smallest absolute Gasteiger partial charge is 0.137 e. The van der Waals surface area contributed by atoms with Crippen LogP contribution in [-0.2, 0) is 4.79 Å². The molecule has 0 saturated heterocycles. The molecule has 0 aromatic heterocycles. The zero-order valence-electron chi connectivity index (χ0n) is 11.5. The molecule has 16 heavy (non-hydrogen) atoms. The second-order valence-electron chi connectivity index (χ2n) is 6.23. The first-order valence-corrected chi connectivity index (χ1v) is 6.58. The maximum atomic E-state index is 11.9. The van der Waals surface area contributed by atoms with Gasteiger partial charge in [0.05, 0.1) is 0 Å². The summed E-state index contributed by atoms with van der Waals surface area (Å²) in [5, 5.41) is 0. The molecule has 2 heteroatoms. The van der Waals surface area contributed by atoms with Crippen LogP contribution in [0.5, 0.6) is 0 Å². The van der Waals surface area contributed by atoms with Gasteiger partial charge in [-0.3, -0.25) is 4.79 Å². The standard InChI is InChI=1S/C14H27NO/c1-6-11(2)15(5)10-12-9-14(3,4)8-7-13(12)16/h11-12H,6-10H2,1-5H3. The van der Waals surface area contributed by atoms with Crippen LogP contribution in [0.3, 0.4) is 0 Å². The molecule has 2 atom stereocenters. The zero-order valence-corrected chi connectivity index (χ0v) is 11.5. The average Bonchev–Trinajstić information content (AvgIpc) is 2.22. The quantitative estimate of drug-likeness (QED) is 0.732. The van der Waals surface area contributed by atoms with E-state index >= 15 is 0 Å². The molecule has 2 nitrogen and oxygen atoms in total. The van der Waals surface area contributed by atoms with Gasteiger partial charge < -0.3 is 4.90 Å². The van der Waals surface area contributed by atoms with Crippen LogP contribution >= 0.6 is 0 Å². The monoisotopic (exact) mass is 225 g/mol. The lowest BCUT2D eigenvalue weighted by atomic mass is 9.71. The van der Waals surface area contributed by atoms with Crippen LogP contribution in [0.1, 0.15) is 53.4 Å². The number of ketones is 1. The number of nitrogens with zero attached hydrogens (tertiary/aromatic N) is 1. The molecule has 94 valence electrons. The predicted octanol–water partition coefficient (Wildman–Crippen LogP) is 3.11. The SMILES string of the molecule is CCC(C)N(C)CC1CC(C)(C)CCC1=O. The van der Waals surface area contributed by atoms with Gasteiger partial charge in [-0.05, 0) is 38.6 Å².